The van der Waals surface area contributed by atoms with Gasteiger partial charge in [-0.15, -0.1) is 0 Å². The number of aromatic nitrogens is 2. The molecule has 1 aromatic heterocycles. The molecule has 1 atom stereocenters. The van der Waals surface area contributed by atoms with Gasteiger partial charge in [0, 0.05) is 38.8 Å². The first-order valence-corrected chi connectivity index (χ1v) is 11.9. The molecule has 0 aromatic carbocycles. The minimum Gasteiger partial charge on any atom is -0.468 e. The molecule has 2 aliphatic rings. The number of methoxy groups -OCH3 is 1. The summed E-state index contributed by atoms with van der Waals surface area (Å²) in [5.41, 5.74) is 5.58. The van der Waals surface area contributed by atoms with E-state index in [0.717, 1.165) is 19.3 Å². The van der Waals surface area contributed by atoms with Gasteiger partial charge in [0.1, 0.15) is 17.3 Å². The first-order chi connectivity index (χ1) is 16.5. The van der Waals surface area contributed by atoms with Gasteiger partial charge in [0.2, 0.25) is 0 Å². The normalized spacial score (nSPS) is 17.6. The molecule has 3 N–H and O–H groups in total. The average molecular weight is 493 g/mol. The maximum Gasteiger partial charge on any atom is 0.410 e. The first kappa shape index (κ1) is 26.5. The molecule has 1 fully saturated rings. The summed E-state index contributed by atoms with van der Waals surface area (Å²) in [5, 5.41) is 6.77. The Balaban J connectivity index is 1.47. The van der Waals surface area contributed by atoms with Crippen LogP contribution in [0.3, 0.4) is 0 Å². The van der Waals surface area contributed by atoms with Crippen LogP contribution in [-0.2, 0) is 20.8 Å². The van der Waals surface area contributed by atoms with E-state index in [4.69, 9.17) is 10.5 Å². The number of hydrogen-bond acceptors (Lipinski definition) is 8. The zero-order valence-electron chi connectivity index (χ0n) is 20.9. The molecule has 0 saturated carbocycles. The lowest BCUT2D eigenvalue weighted by Crippen LogP contribution is -2.43. The Kier molecular flexibility index (Phi) is 8.36. The Labute approximate surface area is 205 Å². The summed E-state index contributed by atoms with van der Waals surface area (Å²) in [5.74, 6) is -0.882. The molecule has 12 heteroatoms. The molecule has 2 aliphatic heterocycles. The van der Waals surface area contributed by atoms with Gasteiger partial charge in [-0.3, -0.25) is 19.1 Å². The number of nitrogens with zero attached hydrogens (tertiary/aromatic N) is 4. The van der Waals surface area contributed by atoms with Crippen molar-refractivity contribution < 1.29 is 28.7 Å². The Morgan fingerprint density at radius 3 is 2.51 bits per heavy atom. The number of nitrogens with two attached hydrogens (primary N) is 1. The van der Waals surface area contributed by atoms with Crippen LogP contribution in [-0.4, -0.2) is 94.9 Å². The summed E-state index contributed by atoms with van der Waals surface area (Å²) in [7, 11) is 1.22. The van der Waals surface area contributed by atoms with Crippen LogP contribution in [0.2, 0.25) is 0 Å². The highest BCUT2D eigenvalue weighted by Crippen LogP contribution is 2.24. The van der Waals surface area contributed by atoms with Crippen molar-refractivity contribution in [1.82, 2.24) is 24.9 Å². The fourth-order valence-electron chi connectivity index (χ4n) is 4.16. The Hall–Kier alpha value is -3.15. The monoisotopic (exact) mass is 492 g/mol. The minimum absolute atomic E-state index is 0.0967. The highest BCUT2D eigenvalue weighted by molar-refractivity contribution is 5.98. The van der Waals surface area contributed by atoms with Gasteiger partial charge in [0.25, 0.3) is 11.8 Å². The third kappa shape index (κ3) is 6.93. The van der Waals surface area contributed by atoms with Gasteiger partial charge < -0.3 is 30.3 Å². The number of fused-ring (bicyclic) bond motifs is 1. The van der Waals surface area contributed by atoms with Crippen LogP contribution < -0.4 is 11.1 Å². The number of rotatable bonds is 7. The number of ether oxygens (including phenoxy) is 2. The highest BCUT2D eigenvalue weighted by atomic mass is 16.6. The Bertz CT molecular complexity index is 947. The van der Waals surface area contributed by atoms with Crippen molar-refractivity contribution in [3.8, 4) is 0 Å². The van der Waals surface area contributed by atoms with Crippen molar-refractivity contribution in [3.05, 3.63) is 17.5 Å². The second kappa shape index (κ2) is 11.1. The van der Waals surface area contributed by atoms with Crippen LogP contribution in [0.15, 0.2) is 6.07 Å². The van der Waals surface area contributed by atoms with E-state index in [-0.39, 0.29) is 24.2 Å². The molecule has 0 spiro atoms. The lowest BCUT2D eigenvalue weighted by Gasteiger charge is -2.34. The summed E-state index contributed by atoms with van der Waals surface area (Å²) in [6, 6.07) is 0.488. The highest BCUT2D eigenvalue weighted by Gasteiger charge is 2.30. The van der Waals surface area contributed by atoms with Crippen LogP contribution in [0.25, 0.3) is 0 Å². The zero-order chi connectivity index (χ0) is 25.8. The van der Waals surface area contributed by atoms with Gasteiger partial charge in [0.15, 0.2) is 5.69 Å². The minimum atomic E-state index is -0.977. The number of carbonyl (C=O) groups is 4. The maximum absolute atomic E-state index is 13.0. The second-order valence-corrected chi connectivity index (χ2v) is 9.97. The van der Waals surface area contributed by atoms with Crippen molar-refractivity contribution in [2.45, 2.75) is 58.2 Å². The predicted molar refractivity (Wildman–Crippen MR) is 126 cm³/mol. The van der Waals surface area contributed by atoms with E-state index in [9.17, 15) is 19.2 Å². The summed E-state index contributed by atoms with van der Waals surface area (Å²) in [6.07, 6.45) is 2.32. The van der Waals surface area contributed by atoms with Gasteiger partial charge in [-0.25, -0.2) is 4.79 Å². The average Bonchev–Trinajstić information content (AvgIpc) is 3.26. The van der Waals surface area contributed by atoms with Crippen LogP contribution in [0.5, 0.6) is 0 Å². The number of carbonyl (C=O) groups excluding carboxylic acids is 4. The maximum atomic E-state index is 13.0. The Morgan fingerprint density at radius 2 is 1.89 bits per heavy atom. The third-order valence-electron chi connectivity index (χ3n) is 6.16. The number of likely N-dealkylation sites (tertiary alicyclic amines) is 1. The molecule has 35 heavy (non-hydrogen) atoms. The van der Waals surface area contributed by atoms with E-state index in [0.29, 0.717) is 44.3 Å². The molecule has 0 radical (unpaired) electrons. The molecule has 0 unspecified atom stereocenters. The number of nitrogens with one attached hydrogen (secondary N) is 1. The molecule has 0 bridgehead atoms. The topological polar surface area (TPSA) is 149 Å². The second-order valence-electron chi connectivity index (χ2n) is 9.97. The van der Waals surface area contributed by atoms with Crippen molar-refractivity contribution >= 4 is 23.9 Å². The molecule has 1 aromatic rings. The molecule has 194 valence electrons. The zero-order valence-corrected chi connectivity index (χ0v) is 20.9. The van der Waals surface area contributed by atoms with E-state index in [1.165, 1.54) is 17.9 Å². The summed E-state index contributed by atoms with van der Waals surface area (Å²) < 4.78 is 11.5. The van der Waals surface area contributed by atoms with E-state index in [1.807, 2.05) is 20.8 Å². The van der Waals surface area contributed by atoms with E-state index in [1.54, 1.807) is 9.80 Å². The van der Waals surface area contributed by atoms with Gasteiger partial charge in [-0.2, -0.15) is 5.10 Å². The van der Waals surface area contributed by atoms with E-state index < -0.39 is 23.5 Å². The summed E-state index contributed by atoms with van der Waals surface area (Å²) in [6.45, 7) is 8.39. The van der Waals surface area contributed by atoms with Gasteiger partial charge in [-0.05, 0) is 46.0 Å². The van der Waals surface area contributed by atoms with E-state index in [2.05, 4.69) is 15.2 Å². The lowest BCUT2D eigenvalue weighted by molar-refractivity contribution is -0.141. The standard InChI is InChI=1S/C23H36N6O6/c1-23(2,3)35-22(33)28-9-6-15(7-10-28)5-8-27-11-12-29-18(20(27)31)13-17(26-29)19(30)25-14-16(24)21(32)34-4/h13,15-16H,5-12,14,24H2,1-4H3,(H,25,30)/t16-/m0/s1. The first-order valence-electron chi connectivity index (χ1n) is 11.9. The predicted octanol–water partition coefficient (Wildman–Crippen LogP) is 0.606. The molecular formula is C23H36N6O6. The van der Waals surface area contributed by atoms with E-state index >= 15 is 0 Å². The molecule has 3 heterocycles. The number of amides is 3. The largest absolute Gasteiger partial charge is 0.468 e. The van der Waals surface area contributed by atoms with Gasteiger partial charge >= 0.3 is 12.1 Å². The molecular weight excluding hydrogens is 456 g/mol. The molecule has 0 aliphatic carbocycles. The molecule has 3 amide bonds. The molecule has 1 saturated heterocycles. The van der Waals surface area contributed by atoms with Crippen LogP contribution in [0.4, 0.5) is 4.79 Å². The van der Waals surface area contributed by atoms with Crippen molar-refractivity contribution in [2.24, 2.45) is 11.7 Å². The quantitative estimate of drug-likeness (QED) is 0.526. The SMILES string of the molecule is COC(=O)[C@@H](N)CNC(=O)c1cc2n(n1)CCN(CCC1CCN(C(=O)OC(C)(C)C)CC1)C2=O. The molecule has 12 nitrogen and oxygen atoms in total. The van der Waals surface area contributed by atoms with Gasteiger partial charge in [-0.1, -0.05) is 0 Å². The lowest BCUT2D eigenvalue weighted by atomic mass is 9.93. The Morgan fingerprint density at radius 1 is 1.20 bits per heavy atom. The van der Waals surface area contributed by atoms with Crippen molar-refractivity contribution in [3.63, 3.8) is 0 Å². The third-order valence-corrected chi connectivity index (χ3v) is 6.16. The smallest absolute Gasteiger partial charge is 0.410 e. The van der Waals surface area contributed by atoms with Crippen molar-refractivity contribution in [1.29, 1.82) is 0 Å². The van der Waals surface area contributed by atoms with Crippen LogP contribution in [0.1, 0.15) is 61.0 Å². The van der Waals surface area contributed by atoms with Crippen LogP contribution >= 0.6 is 0 Å². The number of piperidine rings is 1. The molecule has 3 rings (SSSR count). The summed E-state index contributed by atoms with van der Waals surface area (Å²) in [4.78, 5) is 52.5. The number of esters is 1. The summed E-state index contributed by atoms with van der Waals surface area (Å²) >= 11 is 0. The van der Waals surface area contributed by atoms with Crippen LogP contribution in [0, 0.1) is 5.92 Å². The van der Waals surface area contributed by atoms with Crippen molar-refractivity contribution in [2.75, 3.05) is 39.8 Å². The fourth-order valence-corrected chi connectivity index (χ4v) is 4.16. The number of hydrogen-bond donors (Lipinski definition) is 2. The fraction of sp³-hybridized carbons (Fsp3) is 0.696. The van der Waals surface area contributed by atoms with Gasteiger partial charge in [0.05, 0.1) is 13.7 Å².